The first kappa shape index (κ1) is 45.1. The minimum absolute atomic E-state index is 0. The Bertz CT molecular complexity index is 1170. The fraction of sp³-hybridized carbons (Fsp3) is 0.619. The van der Waals surface area contributed by atoms with Crippen LogP contribution in [0.4, 0.5) is 0 Å². The predicted molar refractivity (Wildman–Crippen MR) is 205 cm³/mol. The van der Waals surface area contributed by atoms with Crippen LogP contribution in [0.5, 0.6) is 0 Å². The SMILES string of the molecule is CCCCC1=C(c2cc(CCCC)cc(CCCC)c2)[N+](=[N-])C(c2cc(CCCC)cc(CCCC)c2)=C1CC.C[N-]C.C[N-]C.[Pd+2]. The molecule has 3 rings (SSSR count). The van der Waals surface area contributed by atoms with Crippen LogP contribution in [0.15, 0.2) is 47.5 Å². The summed E-state index contributed by atoms with van der Waals surface area (Å²) in [6, 6.07) is 14.3. The molecule has 0 aromatic heterocycles. The molecule has 1 aliphatic rings. The number of nitrogens with zero attached hydrogens (tertiary/aromatic N) is 4. The zero-order chi connectivity index (χ0) is 34.3. The second-order valence-corrected chi connectivity index (χ2v) is 12.8. The van der Waals surface area contributed by atoms with Crippen LogP contribution in [0.2, 0.25) is 0 Å². The fourth-order valence-electron chi connectivity index (χ4n) is 6.15. The van der Waals surface area contributed by atoms with Crippen LogP contribution in [-0.2, 0) is 46.1 Å². The Kier molecular flexibility index (Phi) is 25.9. The average Bonchev–Trinajstić information content (AvgIpc) is 3.34. The maximum absolute atomic E-state index is 12.1. The monoisotopic (exact) mass is 734 g/mol. The van der Waals surface area contributed by atoms with Gasteiger partial charge in [0.25, 0.3) is 0 Å². The molecule has 2 aromatic carbocycles. The topological polar surface area (TPSA) is 53.5 Å². The summed E-state index contributed by atoms with van der Waals surface area (Å²) < 4.78 is 1.59. The van der Waals surface area contributed by atoms with Gasteiger partial charge >= 0.3 is 20.4 Å². The quantitative estimate of drug-likeness (QED) is 0.108. The summed E-state index contributed by atoms with van der Waals surface area (Å²) in [5.74, 6) is 0. The molecule has 0 unspecified atom stereocenters. The van der Waals surface area contributed by atoms with Crippen LogP contribution >= 0.6 is 0 Å². The number of rotatable bonds is 18. The van der Waals surface area contributed by atoms with E-state index in [0.717, 1.165) is 62.8 Å². The molecule has 0 radical (unpaired) electrons. The summed E-state index contributed by atoms with van der Waals surface area (Å²) in [5.41, 5.74) is 24.9. The number of benzene rings is 2. The summed E-state index contributed by atoms with van der Waals surface area (Å²) in [4.78, 5) is 0. The van der Waals surface area contributed by atoms with E-state index in [0.29, 0.717) is 0 Å². The number of allylic oxidation sites excluding steroid dienone is 2. The molecule has 1 heterocycles. The van der Waals surface area contributed by atoms with Crippen molar-refractivity contribution in [1.29, 1.82) is 0 Å². The minimum Gasteiger partial charge on any atom is -0.668 e. The normalized spacial score (nSPS) is 12.4. The van der Waals surface area contributed by atoms with Crippen LogP contribution in [0, 0.1) is 0 Å². The van der Waals surface area contributed by atoms with Gasteiger partial charge in [-0.05, 0) is 117 Å². The van der Waals surface area contributed by atoms with Crippen molar-refractivity contribution in [2.45, 2.75) is 144 Å². The summed E-state index contributed by atoms with van der Waals surface area (Å²) >= 11 is 0. The zero-order valence-corrected chi connectivity index (χ0v) is 33.4. The molecule has 1 aliphatic heterocycles. The van der Waals surface area contributed by atoms with E-state index < -0.39 is 0 Å². The van der Waals surface area contributed by atoms with Gasteiger partial charge in [-0.3, -0.25) is 0 Å². The van der Waals surface area contributed by atoms with Crippen molar-refractivity contribution in [2.75, 3.05) is 28.2 Å². The molecule has 0 saturated heterocycles. The molecule has 0 saturated carbocycles. The van der Waals surface area contributed by atoms with Crippen LogP contribution in [0.25, 0.3) is 27.6 Å². The van der Waals surface area contributed by atoms with E-state index in [1.165, 1.54) is 95.9 Å². The molecule has 4 nitrogen and oxygen atoms in total. The molecule has 0 amide bonds. The molecular weight excluding hydrogens is 667 g/mol. The second kappa shape index (κ2) is 27.0. The van der Waals surface area contributed by atoms with E-state index in [4.69, 9.17) is 0 Å². The average molecular weight is 735 g/mol. The van der Waals surface area contributed by atoms with Crippen molar-refractivity contribution in [1.82, 2.24) is 0 Å². The third-order valence-electron chi connectivity index (χ3n) is 8.42. The van der Waals surface area contributed by atoms with Gasteiger partial charge in [-0.1, -0.05) is 85.8 Å². The molecule has 2 aromatic rings. The zero-order valence-electron chi connectivity index (χ0n) is 31.9. The largest absolute Gasteiger partial charge is 2.00 e. The molecule has 0 atom stereocenters. The smallest absolute Gasteiger partial charge is 0.668 e. The Labute approximate surface area is 304 Å². The number of hydrogen-bond acceptors (Lipinski definition) is 0. The van der Waals surface area contributed by atoms with Crippen molar-refractivity contribution >= 4 is 11.4 Å². The molecule has 5 heteroatoms. The van der Waals surface area contributed by atoms with Crippen molar-refractivity contribution in [3.8, 4) is 0 Å². The maximum atomic E-state index is 12.1. The van der Waals surface area contributed by atoms with Crippen molar-refractivity contribution in [2.24, 2.45) is 0 Å². The van der Waals surface area contributed by atoms with Gasteiger partial charge in [0.1, 0.15) is 0 Å². The van der Waals surface area contributed by atoms with Crippen molar-refractivity contribution < 1.29 is 25.1 Å². The molecule has 0 spiro atoms. The number of hydrogen-bond donors (Lipinski definition) is 0. The first-order valence-corrected chi connectivity index (χ1v) is 18.5. The van der Waals surface area contributed by atoms with Crippen LogP contribution < -0.4 is 0 Å². The summed E-state index contributed by atoms with van der Waals surface area (Å²) in [6.07, 6.45) is 18.3. The van der Waals surface area contributed by atoms with Crippen LogP contribution in [0.3, 0.4) is 0 Å². The van der Waals surface area contributed by atoms with Crippen molar-refractivity contribution in [3.05, 3.63) is 97.1 Å². The molecule has 0 N–H and O–H groups in total. The summed E-state index contributed by atoms with van der Waals surface area (Å²) in [5, 5.41) is 7.00. The fourth-order valence-corrected chi connectivity index (χ4v) is 6.15. The van der Waals surface area contributed by atoms with Crippen LogP contribution in [-0.4, -0.2) is 32.9 Å². The molecule has 266 valence electrons. The Morgan fingerprint density at radius 3 is 1.02 bits per heavy atom. The van der Waals surface area contributed by atoms with Gasteiger partial charge in [0.15, 0.2) is 0 Å². The molecule has 47 heavy (non-hydrogen) atoms. The Morgan fingerprint density at radius 1 is 0.468 bits per heavy atom. The maximum Gasteiger partial charge on any atom is 2.00 e. The van der Waals surface area contributed by atoms with Crippen molar-refractivity contribution in [3.63, 3.8) is 0 Å². The molecule has 0 fully saturated rings. The van der Waals surface area contributed by atoms with Gasteiger partial charge in [0.2, 0.25) is 11.4 Å². The molecular formula is C42H68N4Pd. The van der Waals surface area contributed by atoms with E-state index in [-0.39, 0.29) is 20.4 Å². The van der Waals surface area contributed by atoms with E-state index in [1.54, 1.807) is 32.9 Å². The standard InChI is InChI=1S/C38H56N2.2C2H6N.Pd/c1-7-13-18-29-23-30(19-14-8-2)26-33(25-29)37-35(12-6)36(22-17-11-5)38(40(37)39)34-27-31(20-15-9-3)24-32(28-34)21-16-10-4;2*1-3-2;/h23-28H,7-22H2,1-6H3;2*1-2H3;/q;2*-1;+2. The molecule has 0 aliphatic carbocycles. The van der Waals surface area contributed by atoms with E-state index >= 15 is 0 Å². The van der Waals surface area contributed by atoms with Gasteiger partial charge in [-0.15, -0.1) is 0 Å². The second-order valence-electron chi connectivity index (χ2n) is 12.8. The van der Waals surface area contributed by atoms with Gasteiger partial charge in [0, 0.05) is 22.3 Å². The Morgan fingerprint density at radius 2 is 0.745 bits per heavy atom. The Hall–Kier alpha value is -1.90. The van der Waals surface area contributed by atoms with E-state index in [9.17, 15) is 5.53 Å². The van der Waals surface area contributed by atoms with Gasteiger partial charge in [0.05, 0.1) is 0 Å². The van der Waals surface area contributed by atoms with Crippen LogP contribution in [0.1, 0.15) is 152 Å². The van der Waals surface area contributed by atoms with Gasteiger partial charge in [-0.25, -0.2) is 4.70 Å². The summed E-state index contributed by atoms with van der Waals surface area (Å²) in [6.45, 7) is 13.6. The Balaban J connectivity index is 0.00000280. The van der Waals surface area contributed by atoms with Gasteiger partial charge in [-0.2, -0.15) is 28.2 Å². The first-order valence-electron chi connectivity index (χ1n) is 18.5. The predicted octanol–water partition coefficient (Wildman–Crippen LogP) is 13.1. The third kappa shape index (κ3) is 15.0. The van der Waals surface area contributed by atoms with Gasteiger partial charge < -0.3 is 16.2 Å². The molecule has 0 bridgehead atoms. The summed E-state index contributed by atoms with van der Waals surface area (Å²) in [7, 11) is 7.00. The van der Waals surface area contributed by atoms with E-state index in [2.05, 4.69) is 88.6 Å². The number of unbranched alkanes of at least 4 members (excludes halogenated alkanes) is 5. The van der Waals surface area contributed by atoms with E-state index in [1.807, 2.05) is 0 Å². The third-order valence-corrected chi connectivity index (χ3v) is 8.42. The minimum atomic E-state index is 0. The number of aryl methyl sites for hydroxylation is 4. The first-order chi connectivity index (χ1) is 22.3.